The predicted molar refractivity (Wildman–Crippen MR) is 51.3 cm³/mol. The highest BCUT2D eigenvalue weighted by atomic mass is 35.5. The standard InChI is InChI=1S/C8H9ClO3S/c1-8(12,7(10)11)4-5-2-3-6(9)13-5/h2-3,12H,4H2,1H3,(H,10,11). The summed E-state index contributed by atoms with van der Waals surface area (Å²) in [6.45, 7) is 1.27. The maximum atomic E-state index is 10.6. The summed E-state index contributed by atoms with van der Waals surface area (Å²) in [5.41, 5.74) is -1.71. The van der Waals surface area contributed by atoms with Crippen LogP contribution in [0.25, 0.3) is 0 Å². The van der Waals surface area contributed by atoms with Gasteiger partial charge in [-0.3, -0.25) is 0 Å². The van der Waals surface area contributed by atoms with Crippen LogP contribution in [-0.4, -0.2) is 21.8 Å². The molecular formula is C8H9ClO3S. The first-order chi connectivity index (χ1) is 5.92. The highest BCUT2D eigenvalue weighted by Gasteiger charge is 2.30. The summed E-state index contributed by atoms with van der Waals surface area (Å²) in [4.78, 5) is 11.3. The van der Waals surface area contributed by atoms with Crippen LogP contribution in [0.1, 0.15) is 11.8 Å². The van der Waals surface area contributed by atoms with Gasteiger partial charge in [0.15, 0.2) is 5.60 Å². The molecule has 1 aromatic heterocycles. The fraction of sp³-hybridized carbons (Fsp3) is 0.375. The van der Waals surface area contributed by atoms with Gasteiger partial charge in [-0.1, -0.05) is 11.6 Å². The molecule has 2 N–H and O–H groups in total. The Morgan fingerprint density at radius 3 is 2.69 bits per heavy atom. The minimum absolute atomic E-state index is 0.0831. The molecule has 1 rings (SSSR count). The van der Waals surface area contributed by atoms with Gasteiger partial charge in [0.2, 0.25) is 0 Å². The summed E-state index contributed by atoms with van der Waals surface area (Å²) in [5, 5.41) is 18.0. The second-order valence-electron chi connectivity index (χ2n) is 2.96. The van der Waals surface area contributed by atoms with E-state index in [1.54, 1.807) is 12.1 Å². The van der Waals surface area contributed by atoms with Crippen LogP contribution in [0, 0.1) is 0 Å². The van der Waals surface area contributed by atoms with Gasteiger partial charge in [-0.15, -0.1) is 11.3 Å². The molecule has 0 amide bonds. The Morgan fingerprint density at radius 1 is 1.69 bits per heavy atom. The fourth-order valence-corrected chi connectivity index (χ4v) is 2.10. The van der Waals surface area contributed by atoms with Crippen LogP contribution in [-0.2, 0) is 11.2 Å². The molecule has 0 saturated heterocycles. The van der Waals surface area contributed by atoms with Crippen molar-refractivity contribution < 1.29 is 15.0 Å². The summed E-state index contributed by atoms with van der Waals surface area (Å²) >= 11 is 6.93. The van der Waals surface area contributed by atoms with E-state index in [0.717, 1.165) is 4.88 Å². The lowest BCUT2D eigenvalue weighted by molar-refractivity contribution is -0.156. The number of hydrogen-bond acceptors (Lipinski definition) is 3. The van der Waals surface area contributed by atoms with Crippen molar-refractivity contribution in [3.05, 3.63) is 21.3 Å². The van der Waals surface area contributed by atoms with Gasteiger partial charge in [0.05, 0.1) is 4.34 Å². The third-order valence-electron chi connectivity index (χ3n) is 1.61. The molecule has 1 aromatic rings. The molecule has 1 unspecified atom stereocenters. The molecule has 1 atom stereocenters. The van der Waals surface area contributed by atoms with E-state index >= 15 is 0 Å². The third-order valence-corrected chi connectivity index (χ3v) is 2.84. The number of carboxylic acids is 1. The molecular weight excluding hydrogens is 212 g/mol. The summed E-state index contributed by atoms with van der Waals surface area (Å²) in [7, 11) is 0. The monoisotopic (exact) mass is 220 g/mol. The van der Waals surface area contributed by atoms with Crippen molar-refractivity contribution in [2.45, 2.75) is 18.9 Å². The van der Waals surface area contributed by atoms with E-state index in [-0.39, 0.29) is 6.42 Å². The van der Waals surface area contributed by atoms with E-state index in [1.807, 2.05) is 0 Å². The lowest BCUT2D eigenvalue weighted by Crippen LogP contribution is -2.36. The average Bonchev–Trinajstić information content (AvgIpc) is 2.34. The van der Waals surface area contributed by atoms with Gasteiger partial charge in [0, 0.05) is 11.3 Å². The zero-order valence-corrected chi connectivity index (χ0v) is 8.52. The number of carbonyl (C=O) groups is 1. The van der Waals surface area contributed by atoms with E-state index in [9.17, 15) is 9.90 Å². The van der Waals surface area contributed by atoms with E-state index in [4.69, 9.17) is 16.7 Å². The number of aliphatic hydroxyl groups is 1. The van der Waals surface area contributed by atoms with Crippen molar-refractivity contribution in [2.24, 2.45) is 0 Å². The summed E-state index contributed by atoms with van der Waals surface area (Å²) in [6, 6.07) is 3.39. The lowest BCUT2D eigenvalue weighted by Gasteiger charge is -2.15. The molecule has 0 bridgehead atoms. The SMILES string of the molecule is CC(O)(Cc1ccc(Cl)s1)C(=O)O. The molecule has 72 valence electrons. The lowest BCUT2D eigenvalue weighted by atomic mass is 10.0. The van der Waals surface area contributed by atoms with Crippen molar-refractivity contribution in [3.8, 4) is 0 Å². The molecule has 0 aliphatic rings. The van der Waals surface area contributed by atoms with Gasteiger partial charge in [-0.2, -0.15) is 0 Å². The predicted octanol–water partition coefficient (Wildman–Crippen LogP) is 1.78. The largest absolute Gasteiger partial charge is 0.479 e. The second-order valence-corrected chi connectivity index (χ2v) is 4.76. The molecule has 1 heterocycles. The Kier molecular flexibility index (Phi) is 2.95. The summed E-state index contributed by atoms with van der Waals surface area (Å²) in [5.74, 6) is -1.22. The van der Waals surface area contributed by atoms with Crippen molar-refractivity contribution in [1.82, 2.24) is 0 Å². The number of halogens is 1. The van der Waals surface area contributed by atoms with Crippen molar-refractivity contribution in [3.63, 3.8) is 0 Å². The van der Waals surface area contributed by atoms with E-state index < -0.39 is 11.6 Å². The van der Waals surface area contributed by atoms with Crippen molar-refractivity contribution in [2.75, 3.05) is 0 Å². The maximum Gasteiger partial charge on any atom is 0.335 e. The smallest absolute Gasteiger partial charge is 0.335 e. The van der Waals surface area contributed by atoms with Crippen LogP contribution in [0.5, 0.6) is 0 Å². The normalized spacial score (nSPS) is 15.3. The Bertz CT molecular complexity index is 319. The zero-order chi connectivity index (χ0) is 10.1. The maximum absolute atomic E-state index is 10.6. The number of carboxylic acid groups (broad SMARTS) is 1. The minimum Gasteiger partial charge on any atom is -0.479 e. The third kappa shape index (κ3) is 2.69. The van der Waals surface area contributed by atoms with Gasteiger partial charge < -0.3 is 10.2 Å². The quantitative estimate of drug-likeness (QED) is 0.817. The van der Waals surface area contributed by atoms with Gasteiger partial charge in [0.25, 0.3) is 0 Å². The summed E-state index contributed by atoms with van der Waals surface area (Å²) in [6.07, 6.45) is 0.0831. The molecule has 0 spiro atoms. The molecule has 5 heteroatoms. The fourth-order valence-electron chi connectivity index (χ4n) is 0.862. The molecule has 0 aliphatic heterocycles. The first-order valence-electron chi connectivity index (χ1n) is 3.62. The highest BCUT2D eigenvalue weighted by Crippen LogP contribution is 2.25. The molecule has 0 aromatic carbocycles. The Labute approximate surface area is 84.6 Å². The average molecular weight is 221 g/mol. The number of thiophene rings is 1. The van der Waals surface area contributed by atoms with E-state index in [0.29, 0.717) is 4.34 Å². The minimum atomic E-state index is -1.71. The molecule has 13 heavy (non-hydrogen) atoms. The Hall–Kier alpha value is -0.580. The number of hydrogen-bond donors (Lipinski definition) is 2. The van der Waals surface area contributed by atoms with Crippen LogP contribution >= 0.6 is 22.9 Å². The molecule has 3 nitrogen and oxygen atoms in total. The van der Waals surface area contributed by atoms with Crippen molar-refractivity contribution in [1.29, 1.82) is 0 Å². The van der Waals surface area contributed by atoms with Crippen LogP contribution in [0.2, 0.25) is 4.34 Å². The number of rotatable bonds is 3. The van der Waals surface area contributed by atoms with Crippen LogP contribution in [0.3, 0.4) is 0 Å². The van der Waals surface area contributed by atoms with Crippen LogP contribution in [0.15, 0.2) is 12.1 Å². The summed E-state index contributed by atoms with van der Waals surface area (Å²) < 4.78 is 0.594. The molecule has 0 fully saturated rings. The zero-order valence-electron chi connectivity index (χ0n) is 6.95. The Morgan fingerprint density at radius 2 is 2.31 bits per heavy atom. The van der Waals surface area contributed by atoms with Gasteiger partial charge in [-0.25, -0.2) is 4.79 Å². The van der Waals surface area contributed by atoms with Gasteiger partial charge in [-0.05, 0) is 19.1 Å². The molecule has 0 radical (unpaired) electrons. The first-order valence-corrected chi connectivity index (χ1v) is 4.81. The van der Waals surface area contributed by atoms with E-state index in [1.165, 1.54) is 18.3 Å². The molecule has 0 saturated carbocycles. The first kappa shape index (κ1) is 10.5. The van der Waals surface area contributed by atoms with E-state index in [2.05, 4.69) is 0 Å². The topological polar surface area (TPSA) is 57.5 Å². The van der Waals surface area contributed by atoms with Crippen LogP contribution < -0.4 is 0 Å². The number of aliphatic carboxylic acids is 1. The molecule has 0 aliphatic carbocycles. The van der Waals surface area contributed by atoms with Gasteiger partial charge in [0.1, 0.15) is 0 Å². The highest BCUT2D eigenvalue weighted by molar-refractivity contribution is 7.16. The van der Waals surface area contributed by atoms with Gasteiger partial charge >= 0.3 is 5.97 Å². The van der Waals surface area contributed by atoms with Crippen LogP contribution in [0.4, 0.5) is 0 Å². The second kappa shape index (κ2) is 3.65. The Balaban J connectivity index is 2.74. The van der Waals surface area contributed by atoms with Crippen molar-refractivity contribution >= 4 is 28.9 Å².